The second-order valence-corrected chi connectivity index (χ2v) is 7.82. The van der Waals surface area contributed by atoms with Gasteiger partial charge >= 0.3 is 12.0 Å². The molecule has 0 bridgehead atoms. The second-order valence-electron chi connectivity index (χ2n) is 7.82. The number of methoxy groups -OCH3 is 1. The van der Waals surface area contributed by atoms with Crippen molar-refractivity contribution in [3.8, 4) is 34.3 Å². The van der Waals surface area contributed by atoms with E-state index in [-0.39, 0.29) is 11.6 Å². The normalized spacial score (nSPS) is 14.9. The van der Waals surface area contributed by atoms with Crippen LogP contribution in [0.4, 0.5) is 4.39 Å². The number of ether oxygens (including phenoxy) is 2. The number of hydrogen-bond donors (Lipinski definition) is 0. The summed E-state index contributed by atoms with van der Waals surface area (Å²) < 4.78 is 27.6. The summed E-state index contributed by atoms with van der Waals surface area (Å²) in [7, 11) is 1.30. The summed E-state index contributed by atoms with van der Waals surface area (Å²) in [6.07, 6.45) is 2.69. The van der Waals surface area contributed by atoms with Crippen LogP contribution in [0.3, 0.4) is 0 Å². The van der Waals surface area contributed by atoms with Crippen LogP contribution in [0.25, 0.3) is 22.5 Å². The van der Waals surface area contributed by atoms with Crippen molar-refractivity contribution < 1.29 is 18.7 Å². The molecule has 0 N–H and O–H groups in total. The molecular formula is C25H21FN4O4. The number of para-hydroxylation sites is 1. The number of rotatable bonds is 5. The van der Waals surface area contributed by atoms with Crippen molar-refractivity contribution >= 4 is 5.97 Å². The first-order chi connectivity index (χ1) is 16.6. The molecule has 1 aliphatic heterocycles. The molecule has 1 atom stereocenters. The lowest BCUT2D eigenvalue weighted by Gasteiger charge is -2.26. The van der Waals surface area contributed by atoms with Crippen molar-refractivity contribution in [2.24, 2.45) is 0 Å². The van der Waals surface area contributed by atoms with Gasteiger partial charge in [-0.1, -0.05) is 30.3 Å². The first-order valence-electron chi connectivity index (χ1n) is 10.8. The fourth-order valence-corrected chi connectivity index (χ4v) is 4.25. The largest absolute Gasteiger partial charge is 0.467 e. The number of halogens is 1. The highest BCUT2D eigenvalue weighted by Gasteiger charge is 2.34. The predicted molar refractivity (Wildman–Crippen MR) is 122 cm³/mol. The lowest BCUT2D eigenvalue weighted by atomic mass is 10.0. The molecule has 0 saturated carbocycles. The number of fused-ring (bicyclic) bond motifs is 1. The van der Waals surface area contributed by atoms with Gasteiger partial charge in [0.1, 0.15) is 11.6 Å². The van der Waals surface area contributed by atoms with Gasteiger partial charge in [-0.05, 0) is 48.7 Å². The molecule has 0 spiro atoms. The van der Waals surface area contributed by atoms with E-state index in [0.29, 0.717) is 47.7 Å². The van der Waals surface area contributed by atoms with Crippen LogP contribution in [0.2, 0.25) is 0 Å². The molecule has 1 unspecified atom stereocenters. The summed E-state index contributed by atoms with van der Waals surface area (Å²) in [6.45, 7) is 0.498. The van der Waals surface area contributed by atoms with E-state index in [1.165, 1.54) is 36.1 Å². The molecule has 172 valence electrons. The Balaban J connectivity index is 1.70. The van der Waals surface area contributed by atoms with Crippen molar-refractivity contribution in [1.29, 1.82) is 0 Å². The molecule has 34 heavy (non-hydrogen) atoms. The van der Waals surface area contributed by atoms with Crippen molar-refractivity contribution in [3.63, 3.8) is 0 Å². The Bertz CT molecular complexity index is 1400. The van der Waals surface area contributed by atoms with Gasteiger partial charge in [0.15, 0.2) is 6.04 Å². The highest BCUT2D eigenvalue weighted by Crippen LogP contribution is 2.34. The molecule has 8 nitrogen and oxygen atoms in total. The summed E-state index contributed by atoms with van der Waals surface area (Å²) in [5.74, 6) is -0.337. The van der Waals surface area contributed by atoms with Crippen LogP contribution in [0.5, 0.6) is 11.8 Å². The average Bonchev–Trinajstić information content (AvgIpc) is 3.17. The van der Waals surface area contributed by atoms with Crippen LogP contribution < -0.4 is 10.3 Å². The zero-order valence-corrected chi connectivity index (χ0v) is 18.3. The first kappa shape index (κ1) is 21.6. The van der Waals surface area contributed by atoms with Crippen molar-refractivity contribution in [3.05, 3.63) is 83.0 Å². The van der Waals surface area contributed by atoms with Crippen LogP contribution in [0.1, 0.15) is 18.9 Å². The monoisotopic (exact) mass is 460 g/mol. The number of carbonyl (C=O) groups excluding carboxylic acids is 1. The maximum atomic E-state index is 13.7. The van der Waals surface area contributed by atoms with Gasteiger partial charge in [-0.15, -0.1) is 0 Å². The molecule has 0 aliphatic carbocycles. The Morgan fingerprint density at radius 3 is 2.59 bits per heavy atom. The third-order valence-electron chi connectivity index (χ3n) is 5.75. The van der Waals surface area contributed by atoms with Crippen LogP contribution in [-0.4, -0.2) is 32.4 Å². The summed E-state index contributed by atoms with van der Waals surface area (Å²) in [6, 6.07) is 15.8. The highest BCUT2D eigenvalue weighted by molar-refractivity contribution is 5.81. The molecule has 2 aromatic carbocycles. The van der Waals surface area contributed by atoms with Crippen LogP contribution in [0.15, 0.2) is 71.7 Å². The number of aromatic nitrogens is 4. The van der Waals surface area contributed by atoms with Gasteiger partial charge in [0.05, 0.1) is 24.1 Å². The molecule has 0 saturated heterocycles. The molecule has 0 amide bonds. The zero-order chi connectivity index (χ0) is 23.7. The van der Waals surface area contributed by atoms with Gasteiger partial charge in [-0.25, -0.2) is 18.9 Å². The van der Waals surface area contributed by atoms with Crippen LogP contribution >= 0.6 is 0 Å². The first-order valence-corrected chi connectivity index (χ1v) is 10.8. The van der Waals surface area contributed by atoms with E-state index in [0.717, 1.165) is 0 Å². The minimum atomic E-state index is -0.763. The van der Waals surface area contributed by atoms with E-state index in [9.17, 15) is 14.0 Å². The topological polar surface area (TPSA) is 88.2 Å². The quantitative estimate of drug-likeness (QED) is 0.415. The fourth-order valence-electron chi connectivity index (χ4n) is 4.25. The lowest BCUT2D eigenvalue weighted by Crippen LogP contribution is -2.37. The second kappa shape index (κ2) is 8.93. The van der Waals surface area contributed by atoms with Gasteiger partial charge < -0.3 is 9.47 Å². The number of nitrogens with zero attached hydrogens (tertiary/aromatic N) is 4. The van der Waals surface area contributed by atoms with Crippen molar-refractivity contribution in [2.45, 2.75) is 25.4 Å². The maximum Gasteiger partial charge on any atom is 0.330 e. The number of benzene rings is 2. The van der Waals surface area contributed by atoms with E-state index >= 15 is 0 Å². The summed E-state index contributed by atoms with van der Waals surface area (Å²) >= 11 is 0. The zero-order valence-electron chi connectivity index (χ0n) is 18.3. The van der Waals surface area contributed by atoms with Gasteiger partial charge in [-0.3, -0.25) is 9.48 Å². The fraction of sp³-hybridized carbons (Fsp3) is 0.200. The summed E-state index contributed by atoms with van der Waals surface area (Å²) in [5, 5.41) is 0. The molecule has 9 heteroatoms. The molecule has 2 aromatic heterocycles. The van der Waals surface area contributed by atoms with Gasteiger partial charge in [-0.2, -0.15) is 4.98 Å². The third kappa shape index (κ3) is 3.85. The standard InChI is InChI=1S/C25H21FN4O4/c1-33-24(32)20-8-5-15-29-22(21(23(31)30(20)29)16-9-11-17(26)12-10-16)19-13-14-27-25(28-19)34-18-6-3-2-4-7-18/h2-4,6-7,9-14,20H,5,8,15H2,1H3. The van der Waals surface area contributed by atoms with E-state index in [4.69, 9.17) is 9.47 Å². The van der Waals surface area contributed by atoms with Gasteiger partial charge in [0.2, 0.25) is 0 Å². The Hall–Kier alpha value is -4.27. The Kier molecular flexibility index (Phi) is 5.67. The van der Waals surface area contributed by atoms with Crippen LogP contribution in [-0.2, 0) is 16.1 Å². The lowest BCUT2D eigenvalue weighted by molar-refractivity contribution is -0.146. The minimum absolute atomic E-state index is 0.113. The van der Waals surface area contributed by atoms with Crippen molar-refractivity contribution in [2.75, 3.05) is 7.11 Å². The molecule has 4 aromatic rings. The van der Waals surface area contributed by atoms with E-state index in [1.54, 1.807) is 29.1 Å². The molecule has 1 aliphatic rings. The summed E-state index contributed by atoms with van der Waals surface area (Å²) in [5.41, 5.74) is 1.41. The SMILES string of the molecule is COC(=O)C1CCCn2c(-c3ccnc(Oc4ccccc4)n3)c(-c3ccc(F)cc3)c(=O)n21. The Morgan fingerprint density at radius 2 is 1.85 bits per heavy atom. The number of esters is 1. The molecule has 5 rings (SSSR count). The van der Waals surface area contributed by atoms with Crippen LogP contribution in [0, 0.1) is 5.82 Å². The number of carbonyl (C=O) groups is 1. The van der Waals surface area contributed by atoms with E-state index in [1.807, 2.05) is 18.2 Å². The average molecular weight is 460 g/mol. The van der Waals surface area contributed by atoms with Crippen molar-refractivity contribution in [1.82, 2.24) is 19.3 Å². The summed E-state index contributed by atoms with van der Waals surface area (Å²) in [4.78, 5) is 34.9. The Morgan fingerprint density at radius 1 is 1.09 bits per heavy atom. The smallest absolute Gasteiger partial charge is 0.330 e. The third-order valence-corrected chi connectivity index (χ3v) is 5.75. The maximum absolute atomic E-state index is 13.7. The molecule has 3 heterocycles. The predicted octanol–water partition coefficient (Wildman–Crippen LogP) is 4.21. The Labute approximate surface area is 194 Å². The molecule has 0 radical (unpaired) electrons. The highest BCUT2D eigenvalue weighted by atomic mass is 19.1. The molecular weight excluding hydrogens is 439 g/mol. The molecule has 0 fully saturated rings. The van der Waals surface area contributed by atoms with Gasteiger partial charge in [0, 0.05) is 12.7 Å². The van der Waals surface area contributed by atoms with E-state index < -0.39 is 17.8 Å². The van der Waals surface area contributed by atoms with Gasteiger partial charge in [0.25, 0.3) is 5.56 Å². The minimum Gasteiger partial charge on any atom is -0.467 e. The number of hydrogen-bond acceptors (Lipinski definition) is 6. The van der Waals surface area contributed by atoms with E-state index in [2.05, 4.69) is 9.97 Å².